The minimum absolute atomic E-state index is 0. The molecule has 158 valence electrons. The molecule has 0 saturated carbocycles. The molecule has 0 fully saturated rings. The molecule has 8 heteroatoms. The molecule has 0 aliphatic heterocycles. The Labute approximate surface area is 188 Å². The van der Waals surface area contributed by atoms with E-state index in [-0.39, 0.29) is 24.8 Å². The van der Waals surface area contributed by atoms with Crippen LogP contribution in [0, 0.1) is 0 Å². The van der Waals surface area contributed by atoms with Crippen LogP contribution in [0.1, 0.15) is 22.3 Å². The molecule has 0 amide bonds. The number of halogens is 2. The Morgan fingerprint density at radius 2 is 1.00 bits per heavy atom. The third kappa shape index (κ3) is 6.27. The van der Waals surface area contributed by atoms with Crippen LogP contribution >= 0.6 is 24.8 Å². The van der Waals surface area contributed by atoms with E-state index in [1.165, 1.54) is 11.1 Å². The lowest BCUT2D eigenvalue weighted by Gasteiger charge is -2.10. The summed E-state index contributed by atoms with van der Waals surface area (Å²) in [5.74, 6) is 1.94. The Kier molecular flexibility index (Phi) is 9.25. The average molecular weight is 445 g/mol. The van der Waals surface area contributed by atoms with Gasteiger partial charge in [0.25, 0.3) is 0 Å². The number of aromatic amines is 2. The van der Waals surface area contributed by atoms with Gasteiger partial charge in [0, 0.05) is 37.1 Å². The summed E-state index contributed by atoms with van der Waals surface area (Å²) in [6.07, 6.45) is 5.48. The molecule has 0 unspecified atom stereocenters. The van der Waals surface area contributed by atoms with Crippen molar-refractivity contribution in [2.45, 2.75) is 12.8 Å². The quantitative estimate of drug-likeness (QED) is 0.282. The van der Waals surface area contributed by atoms with Crippen molar-refractivity contribution in [2.24, 2.45) is 0 Å². The molecule has 6 nitrogen and oxygen atoms in total. The van der Waals surface area contributed by atoms with E-state index in [0.717, 1.165) is 48.7 Å². The Morgan fingerprint density at radius 3 is 1.40 bits per heavy atom. The summed E-state index contributed by atoms with van der Waals surface area (Å²) in [5, 5.41) is 21.3. The van der Waals surface area contributed by atoms with Crippen LogP contribution in [0.3, 0.4) is 0 Å². The number of rotatable bonds is 9. The fourth-order valence-electron chi connectivity index (χ4n) is 3.20. The lowest BCUT2D eigenvalue weighted by Crippen LogP contribution is -2.15. The second-order valence-electron chi connectivity index (χ2n) is 6.72. The number of anilines is 2. The molecule has 0 spiro atoms. The fourth-order valence-corrected chi connectivity index (χ4v) is 3.20. The normalized spacial score (nSPS) is 10.0. The van der Waals surface area contributed by atoms with Crippen molar-refractivity contribution >= 4 is 36.4 Å². The molecule has 0 saturated heterocycles. The standard InChI is InChI=1S/C22H24N6.2ClH/c1-3-7-17(8-4-1)13-19-15-25-27-21(19)23-11-12-24-22-20(16-26-28-22)14-18-9-5-2-6-10-18;;/h1-10,15-16H,11-14H2,(H2,23,25,27)(H2,24,26,28);2*1H. The van der Waals surface area contributed by atoms with Gasteiger partial charge in [-0.25, -0.2) is 0 Å². The second kappa shape index (κ2) is 11.9. The van der Waals surface area contributed by atoms with Gasteiger partial charge in [-0.15, -0.1) is 24.8 Å². The number of benzene rings is 2. The van der Waals surface area contributed by atoms with Gasteiger partial charge >= 0.3 is 0 Å². The molecule has 0 aliphatic carbocycles. The second-order valence-corrected chi connectivity index (χ2v) is 6.72. The summed E-state index contributed by atoms with van der Waals surface area (Å²) in [5.41, 5.74) is 4.87. The minimum Gasteiger partial charge on any atom is -0.368 e. The smallest absolute Gasteiger partial charge is 0.125 e. The monoisotopic (exact) mass is 444 g/mol. The van der Waals surface area contributed by atoms with Crippen molar-refractivity contribution in [3.05, 3.63) is 95.3 Å². The number of aromatic nitrogens is 4. The maximum atomic E-state index is 4.18. The van der Waals surface area contributed by atoms with Gasteiger partial charge in [-0.1, -0.05) is 60.7 Å². The van der Waals surface area contributed by atoms with E-state index in [9.17, 15) is 0 Å². The highest BCUT2D eigenvalue weighted by atomic mass is 35.5. The van der Waals surface area contributed by atoms with Crippen LogP contribution in [0.25, 0.3) is 0 Å². The zero-order chi connectivity index (χ0) is 19.0. The summed E-state index contributed by atoms with van der Waals surface area (Å²) in [6.45, 7) is 1.54. The van der Waals surface area contributed by atoms with Crippen LogP contribution < -0.4 is 10.6 Å². The van der Waals surface area contributed by atoms with Crippen molar-refractivity contribution in [1.29, 1.82) is 0 Å². The first-order valence-corrected chi connectivity index (χ1v) is 9.48. The highest BCUT2D eigenvalue weighted by Gasteiger charge is 2.07. The lowest BCUT2D eigenvalue weighted by molar-refractivity contribution is 1.00. The van der Waals surface area contributed by atoms with Crippen molar-refractivity contribution in [1.82, 2.24) is 20.4 Å². The summed E-state index contributed by atoms with van der Waals surface area (Å²) in [6, 6.07) is 20.8. The minimum atomic E-state index is 0. The number of H-pyrrole nitrogens is 2. The first kappa shape index (κ1) is 23.3. The molecule has 2 heterocycles. The van der Waals surface area contributed by atoms with Gasteiger partial charge < -0.3 is 10.6 Å². The summed E-state index contributed by atoms with van der Waals surface area (Å²) in [4.78, 5) is 0. The van der Waals surface area contributed by atoms with Crippen LogP contribution in [-0.4, -0.2) is 33.5 Å². The molecule has 2 aromatic heterocycles. The molecule has 0 atom stereocenters. The SMILES string of the molecule is Cl.Cl.c1ccc(Cc2cn[nH]c2NCCNc2[nH]ncc2Cc2ccccc2)cc1. The van der Waals surface area contributed by atoms with Crippen molar-refractivity contribution < 1.29 is 0 Å². The van der Waals surface area contributed by atoms with Gasteiger partial charge in [-0.3, -0.25) is 10.2 Å². The zero-order valence-electron chi connectivity index (χ0n) is 16.5. The van der Waals surface area contributed by atoms with Crippen molar-refractivity contribution in [3.8, 4) is 0 Å². The van der Waals surface area contributed by atoms with E-state index in [4.69, 9.17) is 0 Å². The van der Waals surface area contributed by atoms with Crippen LogP contribution in [0.15, 0.2) is 73.1 Å². The summed E-state index contributed by atoms with van der Waals surface area (Å²) in [7, 11) is 0. The Balaban J connectivity index is 0.00000160. The van der Waals surface area contributed by atoms with Gasteiger partial charge in [-0.05, 0) is 11.1 Å². The third-order valence-electron chi connectivity index (χ3n) is 4.64. The van der Waals surface area contributed by atoms with Crippen LogP contribution in [0.5, 0.6) is 0 Å². The fraction of sp³-hybridized carbons (Fsp3) is 0.182. The number of nitrogens with one attached hydrogen (secondary N) is 4. The Hall–Kier alpha value is -2.96. The third-order valence-corrected chi connectivity index (χ3v) is 4.64. The number of hydrogen-bond acceptors (Lipinski definition) is 4. The molecule has 4 rings (SSSR count). The maximum Gasteiger partial charge on any atom is 0.125 e. The molecule has 4 aromatic rings. The first-order chi connectivity index (χ1) is 13.9. The Morgan fingerprint density at radius 1 is 0.600 bits per heavy atom. The maximum absolute atomic E-state index is 4.18. The van der Waals surface area contributed by atoms with Gasteiger partial charge in [0.05, 0.1) is 12.4 Å². The highest BCUT2D eigenvalue weighted by Crippen LogP contribution is 2.17. The van der Waals surface area contributed by atoms with Crippen LogP contribution in [-0.2, 0) is 12.8 Å². The van der Waals surface area contributed by atoms with Gasteiger partial charge in [0.15, 0.2) is 0 Å². The summed E-state index contributed by atoms with van der Waals surface area (Å²) < 4.78 is 0. The molecule has 0 radical (unpaired) electrons. The molecule has 4 N–H and O–H groups in total. The first-order valence-electron chi connectivity index (χ1n) is 9.48. The molecule has 30 heavy (non-hydrogen) atoms. The highest BCUT2D eigenvalue weighted by molar-refractivity contribution is 5.85. The number of nitrogens with zero attached hydrogens (tertiary/aromatic N) is 2. The van der Waals surface area contributed by atoms with Crippen molar-refractivity contribution in [2.75, 3.05) is 23.7 Å². The average Bonchev–Trinajstić information content (AvgIpc) is 3.36. The summed E-state index contributed by atoms with van der Waals surface area (Å²) >= 11 is 0. The topological polar surface area (TPSA) is 81.4 Å². The Bertz CT molecular complexity index is 903. The largest absolute Gasteiger partial charge is 0.368 e. The van der Waals surface area contributed by atoms with E-state index >= 15 is 0 Å². The number of hydrogen-bond donors (Lipinski definition) is 4. The van der Waals surface area contributed by atoms with Gasteiger partial charge in [0.2, 0.25) is 0 Å². The molecular weight excluding hydrogens is 419 g/mol. The lowest BCUT2D eigenvalue weighted by atomic mass is 10.1. The molecule has 2 aromatic carbocycles. The van der Waals surface area contributed by atoms with Crippen molar-refractivity contribution in [3.63, 3.8) is 0 Å². The van der Waals surface area contributed by atoms with E-state index in [2.05, 4.69) is 79.6 Å². The predicted octanol–water partition coefficient (Wildman–Crippen LogP) is 4.68. The van der Waals surface area contributed by atoms with Gasteiger partial charge in [-0.2, -0.15) is 10.2 Å². The molecular formula is C22H26Cl2N6. The predicted molar refractivity (Wildman–Crippen MR) is 127 cm³/mol. The molecule has 0 bridgehead atoms. The van der Waals surface area contributed by atoms with E-state index in [0.29, 0.717) is 0 Å². The van der Waals surface area contributed by atoms with E-state index < -0.39 is 0 Å². The molecule has 0 aliphatic rings. The van der Waals surface area contributed by atoms with E-state index in [1.54, 1.807) is 0 Å². The van der Waals surface area contributed by atoms with Crippen LogP contribution in [0.4, 0.5) is 11.6 Å². The van der Waals surface area contributed by atoms with E-state index in [1.807, 2.05) is 24.5 Å². The zero-order valence-corrected chi connectivity index (χ0v) is 18.1. The van der Waals surface area contributed by atoms with Crippen LogP contribution in [0.2, 0.25) is 0 Å². The van der Waals surface area contributed by atoms with Gasteiger partial charge in [0.1, 0.15) is 11.6 Å².